The monoisotopic (exact) mass is 411 g/mol. The van der Waals surface area contributed by atoms with Crippen LogP contribution < -0.4 is 9.47 Å². The van der Waals surface area contributed by atoms with Crippen LogP contribution in [-0.4, -0.2) is 43.4 Å². The first kappa shape index (κ1) is 18.4. The molecule has 0 saturated carbocycles. The van der Waals surface area contributed by atoms with Crippen molar-refractivity contribution in [3.05, 3.63) is 64.4 Å². The van der Waals surface area contributed by atoms with Crippen molar-refractivity contribution in [2.75, 3.05) is 18.2 Å². The second kappa shape index (κ2) is 6.71. The molecule has 0 N–H and O–H groups in total. The third-order valence-electron chi connectivity index (χ3n) is 5.77. The van der Waals surface area contributed by atoms with Gasteiger partial charge in [0.15, 0.2) is 15.6 Å². The summed E-state index contributed by atoms with van der Waals surface area (Å²) in [4.78, 5) is 15.0. The number of hydrogen-bond donors (Lipinski definition) is 0. The van der Waals surface area contributed by atoms with Crippen molar-refractivity contribution in [3.8, 4) is 11.5 Å². The van der Waals surface area contributed by atoms with E-state index in [1.165, 1.54) is 0 Å². The molecule has 1 fully saturated rings. The van der Waals surface area contributed by atoms with E-state index in [9.17, 15) is 13.2 Å². The number of carbonyl (C=O) groups excluding carboxylic acids is 1. The zero-order chi connectivity index (χ0) is 20.2. The van der Waals surface area contributed by atoms with Crippen molar-refractivity contribution in [3.63, 3.8) is 0 Å². The minimum Gasteiger partial charge on any atom is -0.478 e. The Kier molecular flexibility index (Phi) is 4.26. The summed E-state index contributed by atoms with van der Waals surface area (Å²) < 4.78 is 35.7. The molecule has 5 rings (SSSR count). The highest BCUT2D eigenvalue weighted by molar-refractivity contribution is 7.91. The van der Waals surface area contributed by atoms with Crippen molar-refractivity contribution < 1.29 is 22.7 Å². The van der Waals surface area contributed by atoms with Gasteiger partial charge in [-0.25, -0.2) is 8.42 Å². The SMILES string of the molecule is Cc1cc2c(c3c1C(=O)/C(=C/c1ccccc1)O3)CN(C1CCS(=O)(=O)C1)CO2. The zero-order valence-electron chi connectivity index (χ0n) is 16.1. The van der Waals surface area contributed by atoms with E-state index >= 15 is 0 Å². The molecular weight excluding hydrogens is 390 g/mol. The highest BCUT2D eigenvalue weighted by atomic mass is 32.2. The number of aryl methyl sites for hydroxylation is 1. The van der Waals surface area contributed by atoms with E-state index in [2.05, 4.69) is 0 Å². The number of fused-ring (bicyclic) bond motifs is 3. The Balaban J connectivity index is 1.50. The predicted molar refractivity (Wildman–Crippen MR) is 109 cm³/mol. The van der Waals surface area contributed by atoms with Crippen LogP contribution in [0.15, 0.2) is 42.2 Å². The molecule has 3 aliphatic heterocycles. The number of allylic oxidation sites excluding steroid dienone is 1. The number of nitrogens with zero attached hydrogens (tertiary/aromatic N) is 1. The van der Waals surface area contributed by atoms with E-state index in [1.54, 1.807) is 6.08 Å². The first-order valence-electron chi connectivity index (χ1n) is 9.64. The molecule has 3 heterocycles. The highest BCUT2D eigenvalue weighted by Crippen LogP contribution is 2.44. The van der Waals surface area contributed by atoms with Gasteiger partial charge < -0.3 is 9.47 Å². The zero-order valence-corrected chi connectivity index (χ0v) is 16.9. The molecule has 0 aromatic heterocycles. The number of Topliss-reactive ketones (excluding diaryl/α,β-unsaturated/α-hetero) is 1. The Morgan fingerprint density at radius 1 is 1.21 bits per heavy atom. The molecule has 3 aliphatic rings. The molecule has 2 aromatic rings. The lowest BCUT2D eigenvalue weighted by atomic mass is 9.98. The second-order valence-corrected chi connectivity index (χ2v) is 10.0. The highest BCUT2D eigenvalue weighted by Gasteiger charge is 2.39. The molecule has 0 aliphatic carbocycles. The number of hydrogen-bond acceptors (Lipinski definition) is 6. The largest absolute Gasteiger partial charge is 0.478 e. The summed E-state index contributed by atoms with van der Waals surface area (Å²) in [6, 6.07) is 11.4. The molecular formula is C22H21NO5S. The first-order chi connectivity index (χ1) is 13.9. The van der Waals surface area contributed by atoms with Crippen LogP contribution in [0.1, 0.15) is 33.5 Å². The van der Waals surface area contributed by atoms with Gasteiger partial charge in [-0.15, -0.1) is 0 Å². The van der Waals surface area contributed by atoms with Gasteiger partial charge in [-0.2, -0.15) is 0 Å². The molecule has 6 nitrogen and oxygen atoms in total. The summed E-state index contributed by atoms with van der Waals surface area (Å²) in [5.74, 6) is 1.77. The molecule has 0 radical (unpaired) electrons. The van der Waals surface area contributed by atoms with Crippen LogP contribution in [0.5, 0.6) is 11.5 Å². The van der Waals surface area contributed by atoms with Crippen molar-refractivity contribution in [1.29, 1.82) is 0 Å². The molecule has 0 bridgehead atoms. The molecule has 0 amide bonds. The quantitative estimate of drug-likeness (QED) is 0.708. The number of benzene rings is 2. The minimum atomic E-state index is -2.98. The summed E-state index contributed by atoms with van der Waals surface area (Å²) in [5.41, 5.74) is 3.09. The van der Waals surface area contributed by atoms with E-state index in [4.69, 9.17) is 9.47 Å². The average molecular weight is 411 g/mol. The number of ketones is 1. The van der Waals surface area contributed by atoms with Crippen LogP contribution in [-0.2, 0) is 16.4 Å². The fourth-order valence-corrected chi connectivity index (χ4v) is 6.01. The Morgan fingerprint density at radius 3 is 2.72 bits per heavy atom. The van der Waals surface area contributed by atoms with Crippen molar-refractivity contribution in [2.45, 2.75) is 25.9 Å². The van der Waals surface area contributed by atoms with Gasteiger partial charge in [-0.1, -0.05) is 30.3 Å². The van der Waals surface area contributed by atoms with Gasteiger partial charge in [-0.05, 0) is 36.6 Å². The van der Waals surface area contributed by atoms with Gasteiger partial charge in [0.2, 0.25) is 5.78 Å². The molecule has 0 spiro atoms. The predicted octanol–water partition coefficient (Wildman–Crippen LogP) is 2.95. The van der Waals surface area contributed by atoms with Crippen LogP contribution in [0.4, 0.5) is 0 Å². The summed E-state index contributed by atoms with van der Waals surface area (Å²) in [7, 11) is -2.98. The average Bonchev–Trinajstić information content (AvgIpc) is 3.23. The molecule has 7 heteroatoms. The Bertz CT molecular complexity index is 1140. The molecule has 2 aromatic carbocycles. The van der Waals surface area contributed by atoms with Gasteiger partial charge in [0, 0.05) is 12.6 Å². The van der Waals surface area contributed by atoms with E-state index in [-0.39, 0.29) is 23.3 Å². The standard InChI is InChI=1S/C22H21NO5S/c1-14-9-18-17(11-23(13-27-18)16-7-8-29(25,26)12-16)22-20(14)21(24)19(28-22)10-15-5-3-2-4-6-15/h2-6,9-10,16H,7-8,11-13H2,1H3/b19-10-. The van der Waals surface area contributed by atoms with Crippen molar-refractivity contribution in [1.82, 2.24) is 4.90 Å². The van der Waals surface area contributed by atoms with E-state index < -0.39 is 9.84 Å². The normalized spacial score (nSPS) is 24.1. The summed E-state index contributed by atoms with van der Waals surface area (Å²) >= 11 is 0. The Labute approximate surface area is 169 Å². The maximum Gasteiger partial charge on any atom is 0.232 e. The Hall–Kier alpha value is -2.64. The topological polar surface area (TPSA) is 72.9 Å². The number of sulfone groups is 1. The van der Waals surface area contributed by atoms with Crippen LogP contribution in [0.3, 0.4) is 0 Å². The van der Waals surface area contributed by atoms with E-state index in [1.807, 2.05) is 48.2 Å². The minimum absolute atomic E-state index is 0.0680. The van der Waals surface area contributed by atoms with Crippen LogP contribution >= 0.6 is 0 Å². The number of ether oxygens (including phenoxy) is 2. The van der Waals surface area contributed by atoms with Crippen LogP contribution in [0, 0.1) is 6.92 Å². The fraction of sp³-hybridized carbons (Fsp3) is 0.318. The fourth-order valence-electron chi connectivity index (χ4n) is 4.25. The maximum absolute atomic E-state index is 13.0. The smallest absolute Gasteiger partial charge is 0.232 e. The summed E-state index contributed by atoms with van der Waals surface area (Å²) in [6.45, 7) is 2.72. The van der Waals surface area contributed by atoms with Crippen molar-refractivity contribution in [2.24, 2.45) is 0 Å². The molecule has 29 heavy (non-hydrogen) atoms. The van der Waals surface area contributed by atoms with E-state index in [0.717, 1.165) is 16.7 Å². The Morgan fingerprint density at radius 2 is 2.00 bits per heavy atom. The second-order valence-electron chi connectivity index (χ2n) is 7.80. The van der Waals surface area contributed by atoms with Gasteiger partial charge in [0.05, 0.1) is 22.6 Å². The lowest BCUT2D eigenvalue weighted by Crippen LogP contribution is -2.41. The third-order valence-corrected chi connectivity index (χ3v) is 7.52. The van der Waals surface area contributed by atoms with Gasteiger partial charge in [0.1, 0.15) is 18.2 Å². The molecule has 1 saturated heterocycles. The van der Waals surface area contributed by atoms with Gasteiger partial charge in [0.25, 0.3) is 0 Å². The number of rotatable bonds is 2. The lowest BCUT2D eigenvalue weighted by molar-refractivity contribution is 0.0633. The third kappa shape index (κ3) is 3.24. The first-order valence-corrected chi connectivity index (χ1v) is 11.5. The maximum atomic E-state index is 13.0. The van der Waals surface area contributed by atoms with Crippen LogP contribution in [0.25, 0.3) is 6.08 Å². The molecule has 1 atom stereocenters. The van der Waals surface area contributed by atoms with Gasteiger partial charge in [-0.3, -0.25) is 9.69 Å². The van der Waals surface area contributed by atoms with Gasteiger partial charge >= 0.3 is 0 Å². The van der Waals surface area contributed by atoms with E-state index in [0.29, 0.717) is 42.5 Å². The van der Waals surface area contributed by atoms with Crippen LogP contribution in [0.2, 0.25) is 0 Å². The lowest BCUT2D eigenvalue weighted by Gasteiger charge is -2.33. The van der Waals surface area contributed by atoms with Crippen molar-refractivity contribution >= 4 is 21.7 Å². The number of carbonyl (C=O) groups is 1. The summed E-state index contributed by atoms with van der Waals surface area (Å²) in [6.07, 6.45) is 2.35. The summed E-state index contributed by atoms with van der Waals surface area (Å²) in [5, 5.41) is 0. The molecule has 1 unspecified atom stereocenters. The molecule has 150 valence electrons.